The van der Waals surface area contributed by atoms with Crippen molar-refractivity contribution in [2.45, 2.75) is 38.0 Å². The molecule has 0 aliphatic carbocycles. The number of hydrazine groups is 1. The van der Waals surface area contributed by atoms with Crippen LogP contribution in [0.1, 0.15) is 37.4 Å². The highest BCUT2D eigenvalue weighted by molar-refractivity contribution is 6.30. The minimum absolute atomic E-state index is 0.0375. The van der Waals surface area contributed by atoms with Crippen LogP contribution in [-0.4, -0.2) is 48.8 Å². The molecule has 5 N–H and O–H groups in total. The molecule has 9 heteroatoms. The van der Waals surface area contributed by atoms with E-state index in [4.69, 9.17) is 21.6 Å². The lowest BCUT2D eigenvalue weighted by atomic mass is 9.99. The highest BCUT2D eigenvalue weighted by atomic mass is 35.5. The maximum absolute atomic E-state index is 12.1. The molecule has 0 radical (unpaired) electrons. The second-order valence-electron chi connectivity index (χ2n) is 8.68. The minimum atomic E-state index is -0.761. The molecule has 1 fully saturated rings. The second kappa shape index (κ2) is 11.5. The van der Waals surface area contributed by atoms with E-state index in [0.717, 1.165) is 11.3 Å². The maximum atomic E-state index is 12.1. The fourth-order valence-electron chi connectivity index (χ4n) is 3.38. The minimum Gasteiger partial charge on any atom is -0.489 e. The van der Waals surface area contributed by atoms with Gasteiger partial charge in [-0.25, -0.2) is 5.43 Å². The first kappa shape index (κ1) is 25.0. The van der Waals surface area contributed by atoms with Crippen LogP contribution in [0.4, 0.5) is 5.69 Å². The number of benzene rings is 2. The van der Waals surface area contributed by atoms with E-state index in [1.54, 1.807) is 18.2 Å². The standard InChI is InChI=1S/C24H30ClN5O3/c1-24(2,28-13-20(31)14-33-22-11-18(25)6-3-17(22)12-26)15-27-19-7-4-16(5-8-19)23-21(32)9-10-29-30-23/h3-8,11,20,23,27-31H,9-10,13-15H2,1-2H3. The summed E-state index contributed by atoms with van der Waals surface area (Å²) < 4.78 is 5.59. The Balaban J connectivity index is 1.44. The molecule has 1 aliphatic rings. The maximum Gasteiger partial charge on any atom is 0.156 e. The van der Waals surface area contributed by atoms with Crippen LogP contribution >= 0.6 is 11.6 Å². The summed E-state index contributed by atoms with van der Waals surface area (Å²) >= 11 is 5.96. The average molecular weight is 472 g/mol. The number of carbonyl (C=O) groups is 1. The van der Waals surface area contributed by atoms with Gasteiger partial charge < -0.3 is 20.5 Å². The summed E-state index contributed by atoms with van der Waals surface area (Å²) in [6, 6.07) is 14.3. The van der Waals surface area contributed by atoms with Crippen LogP contribution in [0.25, 0.3) is 0 Å². The number of Topliss-reactive ketones (excluding diaryl/α,β-unsaturated/α-hetero) is 1. The predicted molar refractivity (Wildman–Crippen MR) is 128 cm³/mol. The van der Waals surface area contributed by atoms with Crippen LogP contribution in [0, 0.1) is 11.3 Å². The zero-order valence-corrected chi connectivity index (χ0v) is 19.6. The SMILES string of the molecule is CC(C)(CNc1ccc(C2NNCCC2=O)cc1)NCC(O)COc1cc(Cl)ccc1C#N. The third-order valence-corrected chi connectivity index (χ3v) is 5.59. The van der Waals surface area contributed by atoms with Crippen molar-refractivity contribution in [2.24, 2.45) is 0 Å². The molecule has 33 heavy (non-hydrogen) atoms. The fraction of sp³-hybridized carbons (Fsp3) is 0.417. The molecule has 0 saturated carbocycles. The number of ketones is 1. The smallest absolute Gasteiger partial charge is 0.156 e. The van der Waals surface area contributed by atoms with Crippen LogP contribution in [-0.2, 0) is 4.79 Å². The van der Waals surface area contributed by atoms with Crippen LogP contribution in [0.5, 0.6) is 5.75 Å². The van der Waals surface area contributed by atoms with Crippen molar-refractivity contribution in [3.8, 4) is 11.8 Å². The Bertz CT molecular complexity index is 991. The number of nitriles is 1. The van der Waals surface area contributed by atoms with Crippen molar-refractivity contribution in [1.29, 1.82) is 5.26 Å². The Morgan fingerprint density at radius 3 is 2.76 bits per heavy atom. The fourth-order valence-corrected chi connectivity index (χ4v) is 3.54. The zero-order valence-electron chi connectivity index (χ0n) is 18.8. The summed E-state index contributed by atoms with van der Waals surface area (Å²) in [5.74, 6) is 0.538. The number of halogens is 1. The lowest BCUT2D eigenvalue weighted by Gasteiger charge is -2.29. The molecule has 2 unspecified atom stereocenters. The topological polar surface area (TPSA) is 118 Å². The lowest BCUT2D eigenvalue weighted by molar-refractivity contribution is -0.122. The summed E-state index contributed by atoms with van der Waals surface area (Å²) in [7, 11) is 0. The molecule has 0 aromatic heterocycles. The van der Waals surface area contributed by atoms with Gasteiger partial charge in [-0.05, 0) is 43.7 Å². The van der Waals surface area contributed by atoms with Crippen molar-refractivity contribution >= 4 is 23.1 Å². The molecule has 2 aromatic carbocycles. The zero-order chi connectivity index (χ0) is 23.8. The summed E-state index contributed by atoms with van der Waals surface area (Å²) in [5.41, 5.74) is 8.00. The number of nitrogens with one attached hydrogen (secondary N) is 4. The molecule has 1 heterocycles. The van der Waals surface area contributed by atoms with Crippen molar-refractivity contribution in [2.75, 3.05) is 31.6 Å². The largest absolute Gasteiger partial charge is 0.489 e. The van der Waals surface area contributed by atoms with Gasteiger partial charge in [0.15, 0.2) is 5.78 Å². The molecule has 0 spiro atoms. The average Bonchev–Trinajstić information content (AvgIpc) is 2.81. The second-order valence-corrected chi connectivity index (χ2v) is 9.11. The molecular formula is C24H30ClN5O3. The van der Waals surface area contributed by atoms with E-state index in [0.29, 0.717) is 42.4 Å². The molecule has 1 saturated heterocycles. The number of carbonyl (C=O) groups excluding carboxylic acids is 1. The van der Waals surface area contributed by atoms with Gasteiger partial charge in [-0.1, -0.05) is 23.7 Å². The van der Waals surface area contributed by atoms with Gasteiger partial charge in [0.25, 0.3) is 0 Å². The first-order valence-corrected chi connectivity index (χ1v) is 11.3. The Hall–Kier alpha value is -2.67. The summed E-state index contributed by atoms with van der Waals surface area (Å²) in [6.07, 6.45) is -0.240. The molecule has 2 atom stereocenters. The molecule has 176 valence electrons. The van der Waals surface area contributed by atoms with Gasteiger partial charge in [-0.2, -0.15) is 5.26 Å². The third-order valence-electron chi connectivity index (χ3n) is 5.35. The number of aliphatic hydroxyl groups excluding tert-OH is 1. The quantitative estimate of drug-likeness (QED) is 0.359. The first-order chi connectivity index (χ1) is 15.8. The number of aliphatic hydroxyl groups is 1. The summed E-state index contributed by atoms with van der Waals surface area (Å²) in [4.78, 5) is 12.1. The van der Waals surface area contributed by atoms with Crippen LogP contribution in [0.2, 0.25) is 5.02 Å². The van der Waals surface area contributed by atoms with E-state index < -0.39 is 6.10 Å². The molecule has 0 bridgehead atoms. The van der Waals surface area contributed by atoms with Gasteiger partial charge >= 0.3 is 0 Å². The molecular weight excluding hydrogens is 442 g/mol. The Morgan fingerprint density at radius 1 is 1.30 bits per heavy atom. The number of hydrogen-bond acceptors (Lipinski definition) is 8. The van der Waals surface area contributed by atoms with Gasteiger partial charge in [-0.3, -0.25) is 10.2 Å². The van der Waals surface area contributed by atoms with Gasteiger partial charge in [0, 0.05) is 48.4 Å². The molecule has 2 aromatic rings. The normalized spacial score (nSPS) is 17.3. The van der Waals surface area contributed by atoms with E-state index in [2.05, 4.69) is 21.5 Å². The number of β-amino-alcohol motifs (C(OH)–C–C–N with tert-alkyl or cyclic N) is 1. The third kappa shape index (κ3) is 7.42. The molecule has 0 amide bonds. The van der Waals surface area contributed by atoms with Gasteiger partial charge in [0.2, 0.25) is 0 Å². The van der Waals surface area contributed by atoms with E-state index in [1.807, 2.05) is 44.2 Å². The van der Waals surface area contributed by atoms with E-state index >= 15 is 0 Å². The van der Waals surface area contributed by atoms with Crippen molar-refractivity contribution in [3.05, 3.63) is 58.6 Å². The van der Waals surface area contributed by atoms with Crippen LogP contribution < -0.4 is 26.2 Å². The van der Waals surface area contributed by atoms with E-state index in [1.165, 1.54) is 0 Å². The number of nitrogens with zero attached hydrogens (tertiary/aromatic N) is 1. The van der Waals surface area contributed by atoms with Crippen LogP contribution in [0.3, 0.4) is 0 Å². The monoisotopic (exact) mass is 471 g/mol. The molecule has 3 rings (SSSR count). The first-order valence-electron chi connectivity index (χ1n) is 10.9. The van der Waals surface area contributed by atoms with E-state index in [-0.39, 0.29) is 24.0 Å². The van der Waals surface area contributed by atoms with Crippen molar-refractivity contribution in [1.82, 2.24) is 16.2 Å². The number of rotatable bonds is 10. The van der Waals surface area contributed by atoms with Gasteiger partial charge in [0.1, 0.15) is 30.6 Å². The van der Waals surface area contributed by atoms with Crippen molar-refractivity contribution in [3.63, 3.8) is 0 Å². The van der Waals surface area contributed by atoms with Crippen LogP contribution in [0.15, 0.2) is 42.5 Å². The van der Waals surface area contributed by atoms with Crippen molar-refractivity contribution < 1.29 is 14.6 Å². The Labute approximate surface area is 199 Å². The highest BCUT2D eigenvalue weighted by Crippen LogP contribution is 2.23. The highest BCUT2D eigenvalue weighted by Gasteiger charge is 2.23. The summed E-state index contributed by atoms with van der Waals surface area (Å²) in [5, 5.41) is 26.6. The molecule has 1 aliphatic heterocycles. The molecule has 8 nitrogen and oxygen atoms in total. The van der Waals surface area contributed by atoms with E-state index in [9.17, 15) is 9.90 Å². The Morgan fingerprint density at radius 2 is 2.06 bits per heavy atom. The number of anilines is 1. The number of hydrogen-bond donors (Lipinski definition) is 5. The predicted octanol–water partition coefficient (Wildman–Crippen LogP) is 2.54. The Kier molecular flexibility index (Phi) is 8.67. The lowest BCUT2D eigenvalue weighted by Crippen LogP contribution is -2.49. The summed E-state index contributed by atoms with van der Waals surface area (Å²) in [6.45, 7) is 5.69. The van der Waals surface area contributed by atoms with Gasteiger partial charge in [0.05, 0.1) is 5.56 Å². The number of ether oxygens (including phenoxy) is 1. The van der Waals surface area contributed by atoms with Gasteiger partial charge in [-0.15, -0.1) is 0 Å².